The smallest absolute Gasteiger partial charge is 0.185 e. The van der Waals surface area contributed by atoms with E-state index in [1.807, 2.05) is 90.0 Å². The Morgan fingerprint density at radius 3 is 2.45 bits per heavy atom. The maximum Gasteiger partial charge on any atom is 0.185 e. The molecule has 0 radical (unpaired) electrons. The third-order valence-electron chi connectivity index (χ3n) is 6.37. The molecule has 31 heavy (non-hydrogen) atoms. The van der Waals surface area contributed by atoms with Crippen LogP contribution in [-0.2, 0) is 0 Å². The van der Waals surface area contributed by atoms with Gasteiger partial charge < -0.3 is 4.90 Å². The molecule has 0 spiro atoms. The maximum atomic E-state index is 14.0. The fourth-order valence-electron chi connectivity index (χ4n) is 4.90. The van der Waals surface area contributed by atoms with E-state index in [4.69, 9.17) is 0 Å². The van der Waals surface area contributed by atoms with Crippen molar-refractivity contribution in [1.82, 2.24) is 0 Å². The molecule has 3 atom stereocenters. The van der Waals surface area contributed by atoms with Gasteiger partial charge in [-0.05, 0) is 30.0 Å². The second kappa shape index (κ2) is 7.23. The van der Waals surface area contributed by atoms with Gasteiger partial charge in [-0.1, -0.05) is 66.2 Å². The number of hydrogen-bond acceptors (Lipinski definition) is 5. The lowest BCUT2D eigenvalue weighted by atomic mass is 9.71. The Bertz CT molecular complexity index is 1250. The second-order valence-corrected chi connectivity index (χ2v) is 9.01. The Morgan fingerprint density at radius 2 is 1.77 bits per heavy atom. The molecule has 0 amide bonds. The summed E-state index contributed by atoms with van der Waals surface area (Å²) < 4.78 is 0. The first kappa shape index (κ1) is 19.3. The summed E-state index contributed by atoms with van der Waals surface area (Å²) in [6.45, 7) is 1.98. The number of para-hydroxylation sites is 1. The molecule has 0 saturated carbocycles. The molecule has 2 aromatic carbocycles. The van der Waals surface area contributed by atoms with Crippen LogP contribution in [0.5, 0.6) is 0 Å². The van der Waals surface area contributed by atoms with Crippen molar-refractivity contribution < 1.29 is 4.79 Å². The maximum absolute atomic E-state index is 14.0. The van der Waals surface area contributed by atoms with Crippen molar-refractivity contribution in [3.63, 3.8) is 0 Å². The Hall–Kier alpha value is -3.67. The highest BCUT2D eigenvalue weighted by atomic mass is 32.1. The van der Waals surface area contributed by atoms with E-state index in [9.17, 15) is 15.3 Å². The number of aryl methyl sites for hydroxylation is 1. The molecular weight excluding hydrogens is 402 g/mol. The zero-order chi connectivity index (χ0) is 21.6. The number of fused-ring (bicyclic) bond motifs is 3. The van der Waals surface area contributed by atoms with Crippen LogP contribution < -0.4 is 4.90 Å². The van der Waals surface area contributed by atoms with Crippen LogP contribution in [0.15, 0.2) is 72.1 Å². The Morgan fingerprint density at radius 1 is 1.03 bits per heavy atom. The number of hydrogen-bond donors (Lipinski definition) is 0. The van der Waals surface area contributed by atoms with Gasteiger partial charge in [0.1, 0.15) is 6.04 Å². The van der Waals surface area contributed by atoms with Crippen LogP contribution >= 0.6 is 11.3 Å². The summed E-state index contributed by atoms with van der Waals surface area (Å²) in [5.41, 5.74) is 2.16. The molecule has 4 nitrogen and oxygen atoms in total. The van der Waals surface area contributed by atoms with E-state index in [0.717, 1.165) is 21.7 Å². The van der Waals surface area contributed by atoms with E-state index < -0.39 is 23.4 Å². The van der Waals surface area contributed by atoms with Crippen LogP contribution in [0, 0.1) is 35.0 Å². The number of benzene rings is 2. The predicted octanol–water partition coefficient (Wildman–Crippen LogP) is 5.34. The Labute approximate surface area is 185 Å². The molecule has 2 aliphatic rings. The van der Waals surface area contributed by atoms with Gasteiger partial charge in [0.25, 0.3) is 0 Å². The average Bonchev–Trinajstić information content (AvgIpc) is 3.43. The largest absolute Gasteiger partial charge is 0.351 e. The number of nitrogens with zero attached hydrogens (tertiary/aromatic N) is 3. The normalized spacial score (nSPS) is 22.8. The average molecular weight is 422 g/mol. The third kappa shape index (κ3) is 2.75. The molecule has 1 saturated heterocycles. The molecule has 150 valence electrons. The molecule has 0 bridgehead atoms. The summed E-state index contributed by atoms with van der Waals surface area (Å²) in [4.78, 5) is 16.9. The van der Waals surface area contributed by atoms with Crippen LogP contribution in [-0.4, -0.2) is 17.9 Å². The van der Waals surface area contributed by atoms with Gasteiger partial charge in [0.2, 0.25) is 0 Å². The number of carbonyl (C=O) groups excluding carboxylic acids is 1. The standard InChI is InChI=1S/C26H19N3OS/c1-17-8-10-19(11-9-17)25(30)24-23(21-7-4-14-31-21)26(15-27,16-28)22-13-12-18-5-2-3-6-20(18)29(22)24/h2-14,22-24H,1H3/t22-,23-,24+/m0/s1. The van der Waals surface area contributed by atoms with Crippen LogP contribution in [0.2, 0.25) is 0 Å². The first-order chi connectivity index (χ1) is 15.1. The van der Waals surface area contributed by atoms with E-state index >= 15 is 0 Å². The molecule has 2 aliphatic heterocycles. The number of anilines is 1. The number of nitriles is 2. The first-order valence-corrected chi connectivity index (χ1v) is 11.0. The molecular formula is C26H19N3OS. The van der Waals surface area contributed by atoms with Crippen LogP contribution in [0.1, 0.15) is 32.3 Å². The van der Waals surface area contributed by atoms with Crippen molar-refractivity contribution in [3.05, 3.63) is 93.7 Å². The molecule has 0 unspecified atom stereocenters. The summed E-state index contributed by atoms with van der Waals surface area (Å²) in [6, 6.07) is 22.7. The zero-order valence-electron chi connectivity index (χ0n) is 16.9. The topological polar surface area (TPSA) is 67.9 Å². The van der Waals surface area contributed by atoms with Crippen molar-refractivity contribution in [2.75, 3.05) is 4.90 Å². The van der Waals surface area contributed by atoms with Crippen LogP contribution in [0.4, 0.5) is 5.69 Å². The van der Waals surface area contributed by atoms with Gasteiger partial charge in [-0.25, -0.2) is 0 Å². The lowest BCUT2D eigenvalue weighted by Gasteiger charge is -2.35. The minimum atomic E-state index is -1.38. The summed E-state index contributed by atoms with van der Waals surface area (Å²) in [7, 11) is 0. The van der Waals surface area contributed by atoms with Crippen molar-refractivity contribution in [1.29, 1.82) is 10.5 Å². The van der Waals surface area contributed by atoms with Crippen LogP contribution in [0.25, 0.3) is 6.08 Å². The molecule has 0 aliphatic carbocycles. The van der Waals surface area contributed by atoms with Gasteiger partial charge in [-0.2, -0.15) is 10.5 Å². The van der Waals surface area contributed by atoms with Crippen LogP contribution in [0.3, 0.4) is 0 Å². The van der Waals surface area contributed by atoms with E-state index in [1.165, 1.54) is 11.3 Å². The highest BCUT2D eigenvalue weighted by molar-refractivity contribution is 7.10. The monoisotopic (exact) mass is 421 g/mol. The number of ketones is 1. The summed E-state index contributed by atoms with van der Waals surface area (Å²) in [6.07, 6.45) is 3.88. The Balaban J connectivity index is 1.77. The molecule has 5 heteroatoms. The molecule has 1 aromatic heterocycles. The highest BCUT2D eigenvalue weighted by Gasteiger charge is 2.63. The molecule has 5 rings (SSSR count). The number of carbonyl (C=O) groups is 1. The predicted molar refractivity (Wildman–Crippen MR) is 122 cm³/mol. The molecule has 0 N–H and O–H groups in total. The van der Waals surface area contributed by atoms with Gasteiger partial charge >= 0.3 is 0 Å². The van der Waals surface area contributed by atoms with Gasteiger partial charge in [0.15, 0.2) is 11.2 Å². The number of thiophene rings is 1. The first-order valence-electron chi connectivity index (χ1n) is 10.1. The quantitative estimate of drug-likeness (QED) is 0.535. The summed E-state index contributed by atoms with van der Waals surface area (Å²) in [5, 5.41) is 22.6. The van der Waals surface area contributed by atoms with Gasteiger partial charge in [-0.3, -0.25) is 4.79 Å². The zero-order valence-corrected chi connectivity index (χ0v) is 17.7. The highest BCUT2D eigenvalue weighted by Crippen LogP contribution is 2.56. The summed E-state index contributed by atoms with van der Waals surface area (Å²) >= 11 is 1.49. The van der Waals surface area contributed by atoms with Gasteiger partial charge in [0.05, 0.1) is 24.1 Å². The fraction of sp³-hybridized carbons (Fsp3) is 0.192. The SMILES string of the molecule is Cc1ccc(C(=O)[C@H]2[C@H](c3cccs3)C(C#N)(C#N)[C@@H]3C=Cc4ccccc4N32)cc1. The second-order valence-electron chi connectivity index (χ2n) is 8.03. The van der Waals surface area contributed by atoms with E-state index in [1.54, 1.807) is 0 Å². The van der Waals surface area contributed by atoms with E-state index in [-0.39, 0.29) is 5.78 Å². The van der Waals surface area contributed by atoms with E-state index in [2.05, 4.69) is 12.1 Å². The van der Waals surface area contributed by atoms with Crippen molar-refractivity contribution in [2.24, 2.45) is 5.41 Å². The van der Waals surface area contributed by atoms with Crippen molar-refractivity contribution in [3.8, 4) is 12.1 Å². The number of Topliss-reactive ketones (excluding diaryl/α,β-unsaturated/α-hetero) is 1. The van der Waals surface area contributed by atoms with Gasteiger partial charge in [0, 0.05) is 16.1 Å². The van der Waals surface area contributed by atoms with Gasteiger partial charge in [-0.15, -0.1) is 11.3 Å². The fourth-order valence-corrected chi connectivity index (χ4v) is 5.83. The lowest BCUT2D eigenvalue weighted by molar-refractivity contribution is 0.0951. The molecule has 1 fully saturated rings. The summed E-state index contributed by atoms with van der Waals surface area (Å²) in [5.74, 6) is -0.627. The Kier molecular flexibility index (Phi) is 4.50. The number of rotatable bonds is 3. The van der Waals surface area contributed by atoms with E-state index in [0.29, 0.717) is 5.56 Å². The lowest BCUT2D eigenvalue weighted by Crippen LogP contribution is -2.44. The third-order valence-corrected chi connectivity index (χ3v) is 7.33. The van der Waals surface area contributed by atoms with Crippen molar-refractivity contribution >= 4 is 28.9 Å². The minimum Gasteiger partial charge on any atom is -0.351 e. The minimum absolute atomic E-state index is 0.0686. The molecule has 3 heterocycles. The van der Waals surface area contributed by atoms with Crippen molar-refractivity contribution in [2.45, 2.75) is 24.9 Å². The molecule has 3 aromatic rings.